The number of amides is 2. The first-order chi connectivity index (χ1) is 13.7. The summed E-state index contributed by atoms with van der Waals surface area (Å²) in [7, 11) is 0. The van der Waals surface area contributed by atoms with Gasteiger partial charge in [-0.2, -0.15) is 0 Å². The highest BCUT2D eigenvalue weighted by Crippen LogP contribution is 2.12. The molecule has 0 fully saturated rings. The van der Waals surface area contributed by atoms with E-state index < -0.39 is 30.4 Å². The molecule has 2 aromatic carbocycles. The molecule has 2 aromatic rings. The van der Waals surface area contributed by atoms with E-state index in [2.05, 4.69) is 10.6 Å². The molecule has 0 aliphatic carbocycles. The van der Waals surface area contributed by atoms with Crippen LogP contribution in [0.5, 0.6) is 0 Å². The summed E-state index contributed by atoms with van der Waals surface area (Å²) in [4.78, 5) is 37.0. The molecule has 0 aliphatic rings. The number of carbonyl (C=O) groups is 3. The second-order valence-electron chi connectivity index (χ2n) is 7.19. The van der Waals surface area contributed by atoms with Gasteiger partial charge in [0.2, 0.25) is 0 Å². The van der Waals surface area contributed by atoms with Crippen molar-refractivity contribution in [3.8, 4) is 0 Å². The predicted molar refractivity (Wildman–Crippen MR) is 113 cm³/mol. The lowest BCUT2D eigenvalue weighted by Gasteiger charge is -2.19. The molecule has 1 atom stereocenters. The van der Waals surface area contributed by atoms with Gasteiger partial charge in [-0.05, 0) is 61.2 Å². The van der Waals surface area contributed by atoms with Gasteiger partial charge in [0.25, 0.3) is 11.8 Å². The zero-order valence-electron chi connectivity index (χ0n) is 16.7. The van der Waals surface area contributed by atoms with E-state index in [1.807, 2.05) is 39.0 Å². The molecule has 0 saturated carbocycles. The summed E-state index contributed by atoms with van der Waals surface area (Å²) in [6.45, 7) is 5.34. The topological polar surface area (TPSA) is 84.5 Å². The quantitative estimate of drug-likeness (QED) is 0.637. The van der Waals surface area contributed by atoms with Crippen LogP contribution in [-0.2, 0) is 14.3 Å². The molecule has 0 aromatic heterocycles. The molecular formula is C22H25ClN2O4. The van der Waals surface area contributed by atoms with Crippen molar-refractivity contribution < 1.29 is 19.1 Å². The van der Waals surface area contributed by atoms with Gasteiger partial charge in [0.05, 0.1) is 0 Å². The zero-order chi connectivity index (χ0) is 21.4. The lowest BCUT2D eigenvalue weighted by Crippen LogP contribution is -2.43. The van der Waals surface area contributed by atoms with Gasteiger partial charge in [-0.15, -0.1) is 0 Å². The molecule has 7 heteroatoms. The van der Waals surface area contributed by atoms with Gasteiger partial charge in [-0.3, -0.25) is 9.59 Å². The minimum Gasteiger partial charge on any atom is -0.454 e. The third kappa shape index (κ3) is 7.58. The van der Waals surface area contributed by atoms with E-state index in [1.165, 1.54) is 0 Å². The van der Waals surface area contributed by atoms with E-state index in [4.69, 9.17) is 16.3 Å². The normalized spacial score (nSPS) is 11.6. The smallest absolute Gasteiger partial charge is 0.329 e. The van der Waals surface area contributed by atoms with Crippen molar-refractivity contribution in [3.63, 3.8) is 0 Å². The number of carbonyl (C=O) groups excluding carboxylic acids is 3. The van der Waals surface area contributed by atoms with E-state index >= 15 is 0 Å². The number of esters is 1. The minimum atomic E-state index is -0.857. The number of aryl methyl sites for hydroxylation is 1. The Kier molecular flexibility index (Phi) is 8.21. The van der Waals surface area contributed by atoms with Crippen LogP contribution in [0.1, 0.15) is 36.2 Å². The fourth-order valence-corrected chi connectivity index (χ4v) is 2.81. The molecule has 0 radical (unpaired) electrons. The Balaban J connectivity index is 1.94. The maximum atomic E-state index is 12.5. The molecule has 2 rings (SSSR count). The average molecular weight is 417 g/mol. The van der Waals surface area contributed by atoms with E-state index in [0.29, 0.717) is 22.7 Å². The number of halogens is 1. The first kappa shape index (κ1) is 22.4. The number of benzene rings is 2. The van der Waals surface area contributed by atoms with Gasteiger partial charge in [-0.1, -0.05) is 37.6 Å². The van der Waals surface area contributed by atoms with Crippen LogP contribution in [-0.4, -0.2) is 30.4 Å². The van der Waals surface area contributed by atoms with Crippen LogP contribution in [0.4, 0.5) is 5.69 Å². The summed E-state index contributed by atoms with van der Waals surface area (Å²) in [6.07, 6.45) is 0.387. The highest BCUT2D eigenvalue weighted by Gasteiger charge is 2.24. The van der Waals surface area contributed by atoms with Gasteiger partial charge in [0.1, 0.15) is 6.04 Å². The second-order valence-corrected chi connectivity index (χ2v) is 7.62. The largest absolute Gasteiger partial charge is 0.454 e. The standard InChI is InChI=1S/C22H25ClN2O4/c1-14(2)11-19(25-21(27)16-7-9-17(23)10-8-16)22(28)29-13-20(26)24-18-6-4-5-15(3)12-18/h4-10,12,14,19H,11,13H2,1-3H3,(H,24,26)(H,25,27)/t19-/m1/s1. The van der Waals surface area contributed by atoms with Gasteiger partial charge in [0, 0.05) is 16.3 Å². The minimum absolute atomic E-state index is 0.138. The molecule has 0 aliphatic heterocycles. The fourth-order valence-electron chi connectivity index (χ4n) is 2.69. The summed E-state index contributed by atoms with van der Waals surface area (Å²) in [5.41, 5.74) is 2.01. The Hall–Kier alpha value is -2.86. The van der Waals surface area contributed by atoms with E-state index in [1.54, 1.807) is 30.3 Å². The number of hydrogen-bond donors (Lipinski definition) is 2. The van der Waals surface area contributed by atoms with Crippen LogP contribution in [0.3, 0.4) is 0 Å². The van der Waals surface area contributed by atoms with Crippen molar-refractivity contribution in [2.45, 2.75) is 33.2 Å². The highest BCUT2D eigenvalue weighted by molar-refractivity contribution is 6.30. The first-order valence-electron chi connectivity index (χ1n) is 9.34. The average Bonchev–Trinajstić information content (AvgIpc) is 2.65. The Morgan fingerprint density at radius 3 is 2.38 bits per heavy atom. The molecule has 0 spiro atoms. The number of ether oxygens (including phenoxy) is 1. The lowest BCUT2D eigenvalue weighted by molar-refractivity contribution is -0.149. The summed E-state index contributed by atoms with van der Waals surface area (Å²) < 4.78 is 5.14. The summed E-state index contributed by atoms with van der Waals surface area (Å²) in [6, 6.07) is 12.8. The van der Waals surface area contributed by atoms with Crippen LogP contribution in [0, 0.1) is 12.8 Å². The maximum absolute atomic E-state index is 12.5. The van der Waals surface area contributed by atoms with Gasteiger partial charge in [0.15, 0.2) is 6.61 Å². The highest BCUT2D eigenvalue weighted by atomic mass is 35.5. The van der Waals surface area contributed by atoms with Crippen molar-refractivity contribution in [1.29, 1.82) is 0 Å². The fraction of sp³-hybridized carbons (Fsp3) is 0.318. The van der Waals surface area contributed by atoms with E-state index in [-0.39, 0.29) is 5.92 Å². The molecule has 6 nitrogen and oxygen atoms in total. The number of hydrogen-bond acceptors (Lipinski definition) is 4. The third-order valence-electron chi connectivity index (χ3n) is 4.05. The molecular weight excluding hydrogens is 392 g/mol. The molecule has 0 unspecified atom stereocenters. The Bertz CT molecular complexity index is 865. The zero-order valence-corrected chi connectivity index (χ0v) is 17.5. The maximum Gasteiger partial charge on any atom is 0.329 e. The number of nitrogens with one attached hydrogen (secondary N) is 2. The summed E-state index contributed by atoms with van der Waals surface area (Å²) in [5, 5.41) is 5.86. The van der Waals surface area contributed by atoms with Crippen molar-refractivity contribution in [3.05, 3.63) is 64.7 Å². The summed E-state index contributed by atoms with van der Waals surface area (Å²) in [5.74, 6) is -1.37. The van der Waals surface area contributed by atoms with Crippen molar-refractivity contribution in [2.24, 2.45) is 5.92 Å². The third-order valence-corrected chi connectivity index (χ3v) is 4.30. The molecule has 29 heavy (non-hydrogen) atoms. The van der Waals surface area contributed by atoms with Gasteiger partial charge in [-0.25, -0.2) is 4.79 Å². The Morgan fingerprint density at radius 2 is 1.76 bits per heavy atom. The molecule has 0 heterocycles. The lowest BCUT2D eigenvalue weighted by atomic mass is 10.0. The second kappa shape index (κ2) is 10.6. The van der Waals surface area contributed by atoms with Crippen LogP contribution in [0.2, 0.25) is 5.02 Å². The predicted octanol–water partition coefficient (Wildman–Crippen LogP) is 3.97. The van der Waals surface area contributed by atoms with Crippen LogP contribution >= 0.6 is 11.6 Å². The van der Waals surface area contributed by atoms with Gasteiger partial charge < -0.3 is 15.4 Å². The van der Waals surface area contributed by atoms with Crippen LogP contribution in [0.25, 0.3) is 0 Å². The van der Waals surface area contributed by atoms with Crippen molar-refractivity contribution >= 4 is 35.1 Å². The van der Waals surface area contributed by atoms with Crippen LogP contribution < -0.4 is 10.6 Å². The van der Waals surface area contributed by atoms with Crippen molar-refractivity contribution in [1.82, 2.24) is 5.32 Å². The Labute approximate surface area is 175 Å². The summed E-state index contributed by atoms with van der Waals surface area (Å²) >= 11 is 5.84. The molecule has 0 saturated heterocycles. The van der Waals surface area contributed by atoms with Crippen LogP contribution in [0.15, 0.2) is 48.5 Å². The molecule has 0 bridgehead atoms. The monoisotopic (exact) mass is 416 g/mol. The van der Waals surface area contributed by atoms with E-state index in [0.717, 1.165) is 5.56 Å². The Morgan fingerprint density at radius 1 is 1.07 bits per heavy atom. The van der Waals surface area contributed by atoms with E-state index in [9.17, 15) is 14.4 Å². The number of rotatable bonds is 8. The SMILES string of the molecule is Cc1cccc(NC(=O)COC(=O)[C@@H](CC(C)C)NC(=O)c2ccc(Cl)cc2)c1. The molecule has 2 amide bonds. The molecule has 154 valence electrons. The van der Waals surface area contributed by atoms with Crippen molar-refractivity contribution in [2.75, 3.05) is 11.9 Å². The van der Waals surface area contributed by atoms with Gasteiger partial charge >= 0.3 is 5.97 Å². The number of anilines is 1. The molecule has 2 N–H and O–H groups in total. The first-order valence-corrected chi connectivity index (χ1v) is 9.72.